The van der Waals surface area contributed by atoms with Crippen molar-refractivity contribution in [3.8, 4) is 11.3 Å². The molecular formula is C22H22ClN5O3S. The minimum absolute atomic E-state index is 0.0741. The molecule has 10 heteroatoms. The van der Waals surface area contributed by atoms with Gasteiger partial charge in [0.05, 0.1) is 10.9 Å². The summed E-state index contributed by atoms with van der Waals surface area (Å²) >= 11 is 7.00. The molecule has 3 N–H and O–H groups in total. The number of aromatic nitrogens is 3. The van der Waals surface area contributed by atoms with Crippen molar-refractivity contribution in [3.63, 3.8) is 0 Å². The number of carbonyl (C=O) groups excluding carboxylic acids is 2. The molecule has 0 bridgehead atoms. The Morgan fingerprint density at radius 2 is 1.75 bits per heavy atom. The average Bonchev–Trinajstić information content (AvgIpc) is 2.74. The highest BCUT2D eigenvalue weighted by Crippen LogP contribution is 2.25. The number of amides is 2. The predicted molar refractivity (Wildman–Crippen MR) is 127 cm³/mol. The van der Waals surface area contributed by atoms with Crippen LogP contribution < -0.4 is 16.2 Å². The summed E-state index contributed by atoms with van der Waals surface area (Å²) in [6, 6.07) is 13.7. The highest BCUT2D eigenvalue weighted by Gasteiger charge is 2.19. The SMILES string of the molecule is CC(C)C(=O)Nc1ccccc1-c1nnc(SC(C)C(=O)Nc2cccc(Cl)c2)[nH]c1=O. The minimum Gasteiger partial charge on any atom is -0.325 e. The lowest BCUT2D eigenvalue weighted by molar-refractivity contribution is -0.119. The summed E-state index contributed by atoms with van der Waals surface area (Å²) in [5.74, 6) is -0.662. The second kappa shape index (κ2) is 10.4. The van der Waals surface area contributed by atoms with Crippen molar-refractivity contribution in [1.82, 2.24) is 15.2 Å². The molecule has 3 rings (SSSR count). The molecule has 3 aromatic rings. The van der Waals surface area contributed by atoms with E-state index in [1.165, 1.54) is 0 Å². The van der Waals surface area contributed by atoms with Crippen LogP contribution in [0.15, 0.2) is 58.5 Å². The van der Waals surface area contributed by atoms with Crippen LogP contribution >= 0.6 is 23.4 Å². The molecule has 1 aromatic heterocycles. The van der Waals surface area contributed by atoms with Crippen LogP contribution in [0.5, 0.6) is 0 Å². The molecule has 8 nitrogen and oxygen atoms in total. The van der Waals surface area contributed by atoms with Gasteiger partial charge in [0.1, 0.15) is 0 Å². The summed E-state index contributed by atoms with van der Waals surface area (Å²) in [6.45, 7) is 5.25. The maximum atomic E-state index is 12.7. The lowest BCUT2D eigenvalue weighted by Crippen LogP contribution is -2.24. The van der Waals surface area contributed by atoms with E-state index in [0.29, 0.717) is 22.0 Å². The lowest BCUT2D eigenvalue weighted by Gasteiger charge is -2.13. The fourth-order valence-electron chi connectivity index (χ4n) is 2.66. The van der Waals surface area contributed by atoms with Gasteiger partial charge in [-0.05, 0) is 31.2 Å². The van der Waals surface area contributed by atoms with Gasteiger partial charge in [0.25, 0.3) is 5.56 Å². The Morgan fingerprint density at radius 1 is 1.00 bits per heavy atom. The average molecular weight is 472 g/mol. The van der Waals surface area contributed by atoms with Crippen molar-refractivity contribution >= 4 is 46.6 Å². The van der Waals surface area contributed by atoms with Gasteiger partial charge in [0.15, 0.2) is 10.9 Å². The Morgan fingerprint density at radius 3 is 2.44 bits per heavy atom. The summed E-state index contributed by atoms with van der Waals surface area (Å²) in [4.78, 5) is 39.9. The molecule has 0 saturated carbocycles. The van der Waals surface area contributed by atoms with E-state index >= 15 is 0 Å². The van der Waals surface area contributed by atoms with E-state index in [0.717, 1.165) is 11.8 Å². The molecule has 1 heterocycles. The van der Waals surface area contributed by atoms with E-state index in [9.17, 15) is 14.4 Å². The molecule has 0 radical (unpaired) electrons. The zero-order valence-corrected chi connectivity index (χ0v) is 19.3. The largest absolute Gasteiger partial charge is 0.325 e. The van der Waals surface area contributed by atoms with E-state index < -0.39 is 10.8 Å². The van der Waals surface area contributed by atoms with Gasteiger partial charge >= 0.3 is 0 Å². The van der Waals surface area contributed by atoms with Gasteiger partial charge in [-0.15, -0.1) is 10.2 Å². The van der Waals surface area contributed by atoms with Gasteiger partial charge in [0.2, 0.25) is 11.8 Å². The first-order valence-corrected chi connectivity index (χ1v) is 11.1. The molecule has 0 fully saturated rings. The topological polar surface area (TPSA) is 117 Å². The van der Waals surface area contributed by atoms with E-state index in [4.69, 9.17) is 11.6 Å². The number of rotatable bonds is 7. The summed E-state index contributed by atoms with van der Waals surface area (Å²) in [7, 11) is 0. The van der Waals surface area contributed by atoms with Gasteiger partial charge in [-0.25, -0.2) is 0 Å². The molecule has 2 aromatic carbocycles. The fraction of sp³-hybridized carbons (Fsp3) is 0.227. The summed E-state index contributed by atoms with van der Waals surface area (Å²) in [6.07, 6.45) is 0. The van der Waals surface area contributed by atoms with Crippen molar-refractivity contribution in [2.45, 2.75) is 31.2 Å². The molecule has 0 saturated heterocycles. The van der Waals surface area contributed by atoms with Crippen LogP contribution in [0.3, 0.4) is 0 Å². The third kappa shape index (κ3) is 5.95. The van der Waals surface area contributed by atoms with E-state index in [2.05, 4.69) is 25.8 Å². The quantitative estimate of drug-likeness (QED) is 0.444. The van der Waals surface area contributed by atoms with Crippen LogP contribution in [0.4, 0.5) is 11.4 Å². The number of H-pyrrole nitrogens is 1. The highest BCUT2D eigenvalue weighted by molar-refractivity contribution is 8.00. The summed E-state index contributed by atoms with van der Waals surface area (Å²) in [5, 5.41) is 13.8. The zero-order chi connectivity index (χ0) is 23.3. The van der Waals surface area contributed by atoms with Gasteiger partial charge in [-0.3, -0.25) is 19.4 Å². The maximum Gasteiger partial charge on any atom is 0.278 e. The third-order valence-electron chi connectivity index (χ3n) is 4.39. The fourth-order valence-corrected chi connectivity index (χ4v) is 3.59. The number of carbonyl (C=O) groups is 2. The molecule has 0 spiro atoms. The van der Waals surface area contributed by atoms with Gasteiger partial charge in [-0.2, -0.15) is 0 Å². The Labute approximate surface area is 194 Å². The molecule has 0 aliphatic heterocycles. The van der Waals surface area contributed by atoms with Crippen LogP contribution in [0.25, 0.3) is 11.3 Å². The minimum atomic E-state index is -0.553. The standard InChI is InChI=1S/C22H22ClN5O3S/c1-12(2)19(29)25-17-10-5-4-9-16(17)18-21(31)26-22(28-27-18)32-13(3)20(30)24-15-8-6-7-14(23)11-15/h4-13H,1-3H3,(H,24,30)(H,25,29)(H,26,28,31). The molecule has 0 aliphatic carbocycles. The number of nitrogens with one attached hydrogen (secondary N) is 3. The van der Waals surface area contributed by atoms with Crippen molar-refractivity contribution in [1.29, 1.82) is 0 Å². The zero-order valence-electron chi connectivity index (χ0n) is 17.7. The van der Waals surface area contributed by atoms with E-state index in [1.54, 1.807) is 69.3 Å². The van der Waals surface area contributed by atoms with Crippen molar-refractivity contribution in [3.05, 3.63) is 63.9 Å². The van der Waals surface area contributed by atoms with Crippen LogP contribution in [0.2, 0.25) is 5.02 Å². The molecule has 166 valence electrons. The van der Waals surface area contributed by atoms with Gasteiger partial charge < -0.3 is 10.6 Å². The second-order valence-electron chi connectivity index (χ2n) is 7.26. The number of benzene rings is 2. The maximum absolute atomic E-state index is 12.7. The number of aromatic amines is 1. The smallest absolute Gasteiger partial charge is 0.278 e. The Bertz CT molecular complexity index is 1200. The molecule has 1 unspecified atom stereocenters. The van der Waals surface area contributed by atoms with Gasteiger partial charge in [-0.1, -0.05) is 61.5 Å². The molecule has 2 amide bonds. The van der Waals surface area contributed by atoms with E-state index in [-0.39, 0.29) is 28.6 Å². The Kier molecular flexibility index (Phi) is 7.66. The normalized spacial score (nSPS) is 11.8. The first kappa shape index (κ1) is 23.5. The lowest BCUT2D eigenvalue weighted by atomic mass is 10.1. The molecule has 1 atom stereocenters. The Balaban J connectivity index is 1.75. The van der Waals surface area contributed by atoms with E-state index in [1.807, 2.05) is 0 Å². The Hall–Kier alpha value is -3.17. The van der Waals surface area contributed by atoms with Crippen molar-refractivity contribution in [2.75, 3.05) is 10.6 Å². The van der Waals surface area contributed by atoms with Crippen LogP contribution in [0, 0.1) is 5.92 Å². The monoisotopic (exact) mass is 471 g/mol. The first-order chi connectivity index (χ1) is 15.2. The third-order valence-corrected chi connectivity index (χ3v) is 5.60. The van der Waals surface area contributed by atoms with Crippen molar-refractivity contribution in [2.24, 2.45) is 5.92 Å². The number of nitrogens with zero attached hydrogens (tertiary/aromatic N) is 2. The number of halogens is 1. The second-order valence-corrected chi connectivity index (χ2v) is 9.02. The summed E-state index contributed by atoms with van der Waals surface area (Å²) < 4.78 is 0. The number of anilines is 2. The van der Waals surface area contributed by atoms with Gasteiger partial charge in [0, 0.05) is 22.2 Å². The molecule has 32 heavy (non-hydrogen) atoms. The van der Waals surface area contributed by atoms with Crippen LogP contribution in [-0.2, 0) is 9.59 Å². The van der Waals surface area contributed by atoms with Crippen LogP contribution in [0.1, 0.15) is 20.8 Å². The number of para-hydroxylation sites is 1. The summed E-state index contributed by atoms with van der Waals surface area (Å²) in [5.41, 5.74) is 1.10. The predicted octanol–water partition coefficient (Wildman–Crippen LogP) is 4.20. The van der Waals surface area contributed by atoms with Crippen molar-refractivity contribution < 1.29 is 9.59 Å². The van der Waals surface area contributed by atoms with Crippen LogP contribution in [-0.4, -0.2) is 32.2 Å². The molecular weight excluding hydrogens is 450 g/mol. The number of thioether (sulfide) groups is 1. The number of hydrogen-bond donors (Lipinski definition) is 3. The molecule has 0 aliphatic rings. The first-order valence-electron chi connectivity index (χ1n) is 9.85. The highest BCUT2D eigenvalue weighted by atomic mass is 35.5. The number of hydrogen-bond acceptors (Lipinski definition) is 6.